The van der Waals surface area contributed by atoms with Crippen molar-refractivity contribution in [3.05, 3.63) is 79.6 Å². The van der Waals surface area contributed by atoms with Gasteiger partial charge < -0.3 is 15.4 Å². The summed E-state index contributed by atoms with van der Waals surface area (Å²) in [5.41, 5.74) is 5.33. The molecule has 3 aliphatic rings. The van der Waals surface area contributed by atoms with E-state index in [0.717, 1.165) is 47.1 Å². The van der Waals surface area contributed by atoms with Gasteiger partial charge >= 0.3 is 0 Å². The Labute approximate surface area is 223 Å². The molecule has 6 nitrogen and oxygen atoms in total. The van der Waals surface area contributed by atoms with Crippen molar-refractivity contribution in [3.63, 3.8) is 0 Å². The van der Waals surface area contributed by atoms with Crippen molar-refractivity contribution >= 4 is 50.7 Å². The van der Waals surface area contributed by atoms with Crippen LogP contribution < -0.4 is 15.4 Å². The maximum atomic E-state index is 13.2. The van der Waals surface area contributed by atoms with E-state index < -0.39 is 5.92 Å². The summed E-state index contributed by atoms with van der Waals surface area (Å²) >= 11 is 9.71. The van der Waals surface area contributed by atoms with Crippen LogP contribution >= 0.6 is 27.5 Å². The standard InChI is InChI=1S/C28H26BrClN2O4/c1-15-8-10-17(13-19(15)30)31-25(35)14-36-24-11-9-16(29)12-18(24)26-27-20(4-2-6-22(27)33)32-21-5-3-7-23(34)28(21)26/h8-13,26,32H,2-7,14H2,1H3,(H,31,35). The van der Waals surface area contributed by atoms with Gasteiger partial charge in [0.05, 0.1) is 0 Å². The molecule has 8 heteroatoms. The van der Waals surface area contributed by atoms with Gasteiger partial charge in [0.1, 0.15) is 5.75 Å². The van der Waals surface area contributed by atoms with E-state index in [2.05, 4.69) is 26.6 Å². The summed E-state index contributed by atoms with van der Waals surface area (Å²) in [5, 5.41) is 6.80. The Balaban J connectivity index is 1.47. The van der Waals surface area contributed by atoms with Crippen LogP contribution in [0.1, 0.15) is 55.6 Å². The fraction of sp³-hybridized carbons (Fsp3) is 0.321. The average molecular weight is 570 g/mol. The number of anilines is 1. The molecule has 0 saturated carbocycles. The molecule has 1 aliphatic heterocycles. The van der Waals surface area contributed by atoms with E-state index in [-0.39, 0.29) is 24.1 Å². The number of aryl methyl sites for hydroxylation is 1. The number of carbonyl (C=O) groups excluding carboxylic acids is 3. The van der Waals surface area contributed by atoms with Crippen LogP contribution in [0.25, 0.3) is 0 Å². The Bertz CT molecular complexity index is 1310. The number of hydrogen-bond donors (Lipinski definition) is 2. The second kappa shape index (κ2) is 10.2. The summed E-state index contributed by atoms with van der Waals surface area (Å²) in [4.78, 5) is 39.0. The number of rotatable bonds is 5. The molecule has 2 aliphatic carbocycles. The molecule has 0 aromatic heterocycles. The molecule has 5 rings (SSSR count). The van der Waals surface area contributed by atoms with Gasteiger partial charge in [-0.05, 0) is 68.5 Å². The van der Waals surface area contributed by atoms with Gasteiger partial charge in [-0.25, -0.2) is 0 Å². The van der Waals surface area contributed by atoms with Crippen molar-refractivity contribution in [1.29, 1.82) is 0 Å². The maximum Gasteiger partial charge on any atom is 0.262 e. The van der Waals surface area contributed by atoms with Crippen LogP contribution in [0.3, 0.4) is 0 Å². The van der Waals surface area contributed by atoms with Gasteiger partial charge in [-0.2, -0.15) is 0 Å². The summed E-state index contributed by atoms with van der Waals surface area (Å²) < 4.78 is 6.81. The summed E-state index contributed by atoms with van der Waals surface area (Å²) in [6.45, 7) is 1.66. The highest BCUT2D eigenvalue weighted by atomic mass is 79.9. The number of halogens is 2. The SMILES string of the molecule is Cc1ccc(NC(=O)COc2ccc(Br)cc2C2C3=C(CCCC3=O)NC3=C2C(=O)CCC3)cc1Cl. The molecule has 0 saturated heterocycles. The van der Waals surface area contributed by atoms with Crippen LogP contribution in [-0.4, -0.2) is 24.1 Å². The lowest BCUT2D eigenvalue weighted by atomic mass is 9.71. The molecule has 1 amide bonds. The van der Waals surface area contributed by atoms with Crippen molar-refractivity contribution in [1.82, 2.24) is 5.32 Å². The number of ketones is 2. The van der Waals surface area contributed by atoms with Crippen molar-refractivity contribution in [2.45, 2.75) is 51.4 Å². The van der Waals surface area contributed by atoms with Gasteiger partial charge in [0.25, 0.3) is 5.91 Å². The van der Waals surface area contributed by atoms with Crippen LogP contribution in [0, 0.1) is 6.92 Å². The molecule has 0 atom stereocenters. The first-order chi connectivity index (χ1) is 17.3. The lowest BCUT2D eigenvalue weighted by Crippen LogP contribution is -2.36. The molecule has 2 aromatic rings. The quantitative estimate of drug-likeness (QED) is 0.453. The first-order valence-electron chi connectivity index (χ1n) is 12.1. The zero-order valence-electron chi connectivity index (χ0n) is 19.9. The minimum atomic E-state index is -0.511. The Morgan fingerprint density at radius 2 is 1.69 bits per heavy atom. The fourth-order valence-corrected chi connectivity index (χ4v) is 5.74. The van der Waals surface area contributed by atoms with E-state index in [4.69, 9.17) is 16.3 Å². The Morgan fingerprint density at radius 3 is 2.33 bits per heavy atom. The van der Waals surface area contributed by atoms with Crippen LogP contribution in [0.4, 0.5) is 5.69 Å². The van der Waals surface area contributed by atoms with Gasteiger partial charge in [-0.1, -0.05) is 33.6 Å². The number of hydrogen-bond acceptors (Lipinski definition) is 5. The Morgan fingerprint density at radius 1 is 1.03 bits per heavy atom. The van der Waals surface area contributed by atoms with E-state index in [1.807, 2.05) is 25.1 Å². The third-order valence-corrected chi connectivity index (χ3v) is 7.79. The molecule has 1 heterocycles. The van der Waals surface area contributed by atoms with E-state index in [1.54, 1.807) is 18.2 Å². The average Bonchev–Trinajstić information content (AvgIpc) is 2.85. The first-order valence-corrected chi connectivity index (χ1v) is 13.3. The van der Waals surface area contributed by atoms with Gasteiger partial charge in [0, 0.05) is 62.0 Å². The van der Waals surface area contributed by atoms with Gasteiger partial charge in [-0.3, -0.25) is 14.4 Å². The number of amides is 1. The normalized spacial score (nSPS) is 18.0. The number of allylic oxidation sites excluding steroid dienone is 4. The molecule has 0 radical (unpaired) electrons. The summed E-state index contributed by atoms with van der Waals surface area (Å²) in [6.07, 6.45) is 4.04. The van der Waals surface area contributed by atoms with Gasteiger partial charge in [0.15, 0.2) is 18.2 Å². The molecule has 0 unspecified atom stereocenters. The minimum absolute atomic E-state index is 0.0543. The Kier molecular flexibility index (Phi) is 7.04. The molecule has 36 heavy (non-hydrogen) atoms. The molecule has 0 bridgehead atoms. The number of Topliss-reactive ketones (excluding diaryl/α,β-unsaturated/α-hetero) is 2. The molecule has 186 valence electrons. The van der Waals surface area contributed by atoms with Crippen LogP contribution in [0.2, 0.25) is 5.02 Å². The first kappa shape index (κ1) is 24.8. The highest BCUT2D eigenvalue weighted by Gasteiger charge is 2.41. The van der Waals surface area contributed by atoms with Crippen molar-refractivity contribution in [2.24, 2.45) is 0 Å². The van der Waals surface area contributed by atoms with Crippen LogP contribution in [0.15, 0.2) is 63.4 Å². The third kappa shape index (κ3) is 4.87. The van der Waals surface area contributed by atoms with Crippen molar-refractivity contribution in [3.8, 4) is 5.75 Å². The number of dihydropyridines is 1. The highest BCUT2D eigenvalue weighted by molar-refractivity contribution is 9.10. The number of nitrogens with one attached hydrogen (secondary N) is 2. The van der Waals surface area contributed by atoms with E-state index in [0.29, 0.717) is 46.0 Å². The summed E-state index contributed by atoms with van der Waals surface area (Å²) in [6, 6.07) is 10.8. The number of benzene rings is 2. The summed E-state index contributed by atoms with van der Waals surface area (Å²) in [5.74, 6) is -0.269. The molecule has 2 N–H and O–H groups in total. The second-order valence-corrected chi connectivity index (χ2v) is 10.7. The molecule has 0 fully saturated rings. The highest BCUT2D eigenvalue weighted by Crippen LogP contribution is 2.48. The van der Waals surface area contributed by atoms with E-state index in [1.165, 1.54) is 0 Å². The topological polar surface area (TPSA) is 84.5 Å². The zero-order valence-corrected chi connectivity index (χ0v) is 22.2. The maximum absolute atomic E-state index is 13.2. The van der Waals surface area contributed by atoms with Crippen LogP contribution in [-0.2, 0) is 14.4 Å². The van der Waals surface area contributed by atoms with Gasteiger partial charge in [-0.15, -0.1) is 0 Å². The largest absolute Gasteiger partial charge is 0.483 e. The second-order valence-electron chi connectivity index (χ2n) is 9.38. The monoisotopic (exact) mass is 568 g/mol. The molecular weight excluding hydrogens is 544 g/mol. The molecular formula is C28H26BrClN2O4. The smallest absolute Gasteiger partial charge is 0.262 e. The molecule has 2 aromatic carbocycles. The van der Waals surface area contributed by atoms with Crippen LogP contribution in [0.5, 0.6) is 5.75 Å². The predicted molar refractivity (Wildman–Crippen MR) is 142 cm³/mol. The number of carbonyl (C=O) groups is 3. The third-order valence-electron chi connectivity index (χ3n) is 6.89. The molecule has 0 spiro atoms. The summed E-state index contributed by atoms with van der Waals surface area (Å²) in [7, 11) is 0. The lowest BCUT2D eigenvalue weighted by Gasteiger charge is -2.37. The van der Waals surface area contributed by atoms with Crippen molar-refractivity contribution < 1.29 is 19.1 Å². The predicted octanol–water partition coefficient (Wildman–Crippen LogP) is 6.13. The lowest BCUT2D eigenvalue weighted by molar-refractivity contribution is -0.119. The zero-order chi connectivity index (χ0) is 25.4. The Hall–Kier alpha value is -2.90. The van der Waals surface area contributed by atoms with Gasteiger partial charge in [0.2, 0.25) is 0 Å². The van der Waals surface area contributed by atoms with E-state index in [9.17, 15) is 14.4 Å². The van der Waals surface area contributed by atoms with E-state index >= 15 is 0 Å². The minimum Gasteiger partial charge on any atom is -0.483 e. The number of ether oxygens (including phenoxy) is 1. The fourth-order valence-electron chi connectivity index (χ4n) is 5.18. The van der Waals surface area contributed by atoms with Crippen molar-refractivity contribution in [2.75, 3.05) is 11.9 Å².